The highest BCUT2D eigenvalue weighted by Gasteiger charge is 2.28. The van der Waals surface area contributed by atoms with E-state index >= 15 is 0 Å². The third-order valence-electron chi connectivity index (χ3n) is 4.41. The summed E-state index contributed by atoms with van der Waals surface area (Å²) in [6.07, 6.45) is 9.61. The number of piperidine rings is 1. The van der Waals surface area contributed by atoms with E-state index in [-0.39, 0.29) is 12.4 Å². The van der Waals surface area contributed by atoms with Gasteiger partial charge in [-0.3, -0.25) is 4.79 Å². The molecule has 1 aliphatic carbocycles. The van der Waals surface area contributed by atoms with Crippen LogP contribution in [0.15, 0.2) is 0 Å². The Bertz CT molecular complexity index is 246. The molecule has 0 radical (unpaired) electrons. The van der Waals surface area contributed by atoms with Crippen molar-refractivity contribution in [3.8, 4) is 0 Å². The number of nitrogens with one attached hydrogen (secondary N) is 1. The molecular weight excluding hydrogens is 248 g/mol. The van der Waals surface area contributed by atoms with Crippen LogP contribution in [0.25, 0.3) is 0 Å². The van der Waals surface area contributed by atoms with E-state index in [1.807, 2.05) is 7.05 Å². The first kappa shape index (κ1) is 15.8. The minimum Gasteiger partial charge on any atom is -0.342 e. The van der Waals surface area contributed by atoms with Gasteiger partial charge in [0.2, 0.25) is 5.91 Å². The monoisotopic (exact) mass is 274 g/mol. The predicted octanol–water partition coefficient (Wildman–Crippen LogP) is 2.59. The van der Waals surface area contributed by atoms with E-state index < -0.39 is 0 Å². The number of rotatable bonds is 2. The Morgan fingerprint density at radius 3 is 2.11 bits per heavy atom. The highest BCUT2D eigenvalue weighted by molar-refractivity contribution is 5.85. The molecule has 0 aromatic heterocycles. The summed E-state index contributed by atoms with van der Waals surface area (Å²) >= 11 is 0. The van der Waals surface area contributed by atoms with E-state index in [1.54, 1.807) is 0 Å². The number of halogens is 1. The summed E-state index contributed by atoms with van der Waals surface area (Å²) in [5, 5.41) is 3.36. The lowest BCUT2D eigenvalue weighted by Crippen LogP contribution is -2.46. The summed E-state index contributed by atoms with van der Waals surface area (Å²) in [5.74, 6) is 0.733. The first-order valence-corrected chi connectivity index (χ1v) is 7.26. The Morgan fingerprint density at radius 1 is 1.00 bits per heavy atom. The lowest BCUT2D eigenvalue weighted by atomic mass is 9.96. The molecule has 0 atom stereocenters. The zero-order valence-corrected chi connectivity index (χ0v) is 12.3. The fraction of sp³-hybridized carbons (Fsp3) is 0.929. The predicted molar refractivity (Wildman–Crippen MR) is 77.1 cm³/mol. The molecule has 0 bridgehead atoms. The molecule has 2 fully saturated rings. The van der Waals surface area contributed by atoms with Crippen LogP contribution in [0.2, 0.25) is 0 Å². The van der Waals surface area contributed by atoms with Crippen LogP contribution in [0.5, 0.6) is 0 Å². The van der Waals surface area contributed by atoms with Crippen LogP contribution >= 0.6 is 12.4 Å². The van der Waals surface area contributed by atoms with Gasteiger partial charge in [0, 0.05) is 19.0 Å². The zero-order chi connectivity index (χ0) is 12.1. The summed E-state index contributed by atoms with van der Waals surface area (Å²) in [5.41, 5.74) is 0. The molecule has 0 aromatic carbocycles. The molecule has 3 nitrogen and oxygen atoms in total. The molecule has 1 saturated heterocycles. The maximum Gasteiger partial charge on any atom is 0.225 e. The van der Waals surface area contributed by atoms with Crippen LogP contribution in [-0.2, 0) is 4.79 Å². The number of amides is 1. The second-order valence-electron chi connectivity index (χ2n) is 5.62. The molecule has 18 heavy (non-hydrogen) atoms. The standard InChI is InChI=1S/C14H26N2O.ClH/c1-16(13-8-10-15-11-9-13)14(17)12-6-4-2-3-5-7-12;/h12-13,15H,2-11H2,1H3;1H. The highest BCUT2D eigenvalue weighted by Crippen LogP contribution is 2.25. The molecule has 2 aliphatic rings. The van der Waals surface area contributed by atoms with Crippen molar-refractivity contribution in [2.24, 2.45) is 5.92 Å². The van der Waals surface area contributed by atoms with Crippen molar-refractivity contribution >= 4 is 18.3 Å². The van der Waals surface area contributed by atoms with Crippen molar-refractivity contribution in [1.29, 1.82) is 0 Å². The highest BCUT2D eigenvalue weighted by atomic mass is 35.5. The Labute approximate surface area is 117 Å². The van der Waals surface area contributed by atoms with E-state index in [4.69, 9.17) is 0 Å². The molecule has 1 N–H and O–H groups in total. The number of carbonyl (C=O) groups excluding carboxylic acids is 1. The van der Waals surface area contributed by atoms with E-state index in [1.165, 1.54) is 25.7 Å². The second-order valence-corrected chi connectivity index (χ2v) is 5.62. The molecular formula is C14H27ClN2O. The van der Waals surface area contributed by atoms with E-state index in [0.29, 0.717) is 17.9 Å². The van der Waals surface area contributed by atoms with Gasteiger partial charge in [-0.05, 0) is 38.8 Å². The Hall–Kier alpha value is -0.280. The molecule has 2 rings (SSSR count). The number of carbonyl (C=O) groups is 1. The maximum absolute atomic E-state index is 12.5. The number of hydrogen-bond acceptors (Lipinski definition) is 2. The molecule has 1 saturated carbocycles. The van der Waals surface area contributed by atoms with Crippen molar-refractivity contribution < 1.29 is 4.79 Å². The zero-order valence-electron chi connectivity index (χ0n) is 11.5. The fourth-order valence-corrected chi connectivity index (χ4v) is 3.19. The van der Waals surface area contributed by atoms with Gasteiger partial charge in [0.25, 0.3) is 0 Å². The summed E-state index contributed by atoms with van der Waals surface area (Å²) in [6.45, 7) is 2.12. The first-order chi connectivity index (χ1) is 8.29. The van der Waals surface area contributed by atoms with E-state index in [9.17, 15) is 4.79 Å². The fourth-order valence-electron chi connectivity index (χ4n) is 3.19. The summed E-state index contributed by atoms with van der Waals surface area (Å²) in [7, 11) is 2.02. The SMILES string of the molecule is CN(C(=O)C1CCCCCC1)C1CCNCC1.Cl. The van der Waals surface area contributed by atoms with Crippen molar-refractivity contribution in [3.05, 3.63) is 0 Å². The summed E-state index contributed by atoms with van der Waals surface area (Å²) < 4.78 is 0. The van der Waals surface area contributed by atoms with Gasteiger partial charge in [-0.1, -0.05) is 25.7 Å². The summed E-state index contributed by atoms with van der Waals surface area (Å²) in [6, 6.07) is 0.479. The van der Waals surface area contributed by atoms with Gasteiger partial charge in [-0.15, -0.1) is 12.4 Å². The van der Waals surface area contributed by atoms with Gasteiger partial charge in [0.1, 0.15) is 0 Å². The number of hydrogen-bond donors (Lipinski definition) is 1. The van der Waals surface area contributed by atoms with Crippen molar-refractivity contribution in [1.82, 2.24) is 10.2 Å². The van der Waals surface area contributed by atoms with E-state index in [0.717, 1.165) is 38.8 Å². The van der Waals surface area contributed by atoms with Crippen molar-refractivity contribution in [3.63, 3.8) is 0 Å². The average Bonchev–Trinajstić information content (AvgIpc) is 2.67. The largest absolute Gasteiger partial charge is 0.342 e. The smallest absolute Gasteiger partial charge is 0.225 e. The summed E-state index contributed by atoms with van der Waals surface area (Å²) in [4.78, 5) is 14.5. The second kappa shape index (κ2) is 8.00. The van der Waals surface area contributed by atoms with Crippen LogP contribution in [0, 0.1) is 5.92 Å². The first-order valence-electron chi connectivity index (χ1n) is 7.26. The third-order valence-corrected chi connectivity index (χ3v) is 4.41. The lowest BCUT2D eigenvalue weighted by molar-refractivity contribution is -0.137. The molecule has 106 valence electrons. The molecule has 4 heteroatoms. The van der Waals surface area contributed by atoms with Crippen LogP contribution < -0.4 is 5.32 Å². The van der Waals surface area contributed by atoms with Gasteiger partial charge in [-0.2, -0.15) is 0 Å². The van der Waals surface area contributed by atoms with E-state index in [2.05, 4.69) is 10.2 Å². The number of nitrogens with zero attached hydrogens (tertiary/aromatic N) is 1. The Morgan fingerprint density at radius 2 is 1.56 bits per heavy atom. The van der Waals surface area contributed by atoms with Crippen LogP contribution in [0.3, 0.4) is 0 Å². The van der Waals surface area contributed by atoms with Gasteiger partial charge < -0.3 is 10.2 Å². The quantitative estimate of drug-likeness (QED) is 0.785. The lowest BCUT2D eigenvalue weighted by Gasteiger charge is -2.34. The van der Waals surface area contributed by atoms with Gasteiger partial charge in [0.05, 0.1) is 0 Å². The van der Waals surface area contributed by atoms with Crippen LogP contribution in [0.1, 0.15) is 51.4 Å². The normalized spacial score (nSPS) is 22.9. The average molecular weight is 275 g/mol. The van der Waals surface area contributed by atoms with Gasteiger partial charge >= 0.3 is 0 Å². The molecule has 1 amide bonds. The van der Waals surface area contributed by atoms with Gasteiger partial charge in [0.15, 0.2) is 0 Å². The maximum atomic E-state index is 12.5. The molecule has 0 aromatic rings. The Kier molecular flexibility index (Phi) is 7.02. The van der Waals surface area contributed by atoms with Crippen molar-refractivity contribution in [2.75, 3.05) is 20.1 Å². The molecule has 1 aliphatic heterocycles. The van der Waals surface area contributed by atoms with Crippen LogP contribution in [0.4, 0.5) is 0 Å². The third kappa shape index (κ3) is 4.13. The van der Waals surface area contributed by atoms with Gasteiger partial charge in [-0.25, -0.2) is 0 Å². The minimum absolute atomic E-state index is 0. The molecule has 0 unspecified atom stereocenters. The topological polar surface area (TPSA) is 32.3 Å². The van der Waals surface area contributed by atoms with Crippen LogP contribution in [-0.4, -0.2) is 37.0 Å². The minimum atomic E-state index is 0. The van der Waals surface area contributed by atoms with Crippen molar-refractivity contribution in [2.45, 2.75) is 57.4 Å². The molecule has 0 spiro atoms. The molecule has 1 heterocycles. The Balaban J connectivity index is 0.00000162.